The van der Waals surface area contributed by atoms with E-state index in [1.807, 2.05) is 51.1 Å². The molecule has 0 aliphatic carbocycles. The number of hydrogen-bond acceptors (Lipinski definition) is 2. The van der Waals surface area contributed by atoms with Gasteiger partial charge in [0.15, 0.2) is 0 Å². The minimum atomic E-state index is -1.00. The highest BCUT2D eigenvalue weighted by atomic mass is 16.4. The Hall–Kier alpha value is -2.04. The zero-order valence-electron chi connectivity index (χ0n) is 13.2. The lowest BCUT2D eigenvalue weighted by Gasteiger charge is -2.37. The van der Waals surface area contributed by atoms with Gasteiger partial charge in [0, 0.05) is 19.1 Å². The Kier molecular flexibility index (Phi) is 5.76. The van der Waals surface area contributed by atoms with Gasteiger partial charge in [-0.1, -0.05) is 30.3 Å². The summed E-state index contributed by atoms with van der Waals surface area (Å²) in [6.07, 6.45) is 0.744. The summed E-state index contributed by atoms with van der Waals surface area (Å²) in [5.74, 6) is -1.00. The highest BCUT2D eigenvalue weighted by molar-refractivity contribution is 5.80. The van der Waals surface area contributed by atoms with Gasteiger partial charge in [-0.2, -0.15) is 0 Å². The molecule has 0 unspecified atom stereocenters. The smallest absolute Gasteiger partial charge is 0.323 e. The van der Waals surface area contributed by atoms with Gasteiger partial charge < -0.3 is 14.9 Å². The van der Waals surface area contributed by atoms with Crippen LogP contribution in [0.4, 0.5) is 4.79 Å². The van der Waals surface area contributed by atoms with Crippen LogP contribution in [-0.4, -0.2) is 52.6 Å². The number of nitrogens with zero attached hydrogens (tertiary/aromatic N) is 2. The molecule has 0 aliphatic heterocycles. The zero-order valence-corrected chi connectivity index (χ0v) is 13.2. The summed E-state index contributed by atoms with van der Waals surface area (Å²) in [5.41, 5.74) is 0.619. The molecule has 116 valence electrons. The van der Waals surface area contributed by atoms with Crippen LogP contribution in [0.5, 0.6) is 0 Å². The number of rotatable bonds is 5. The summed E-state index contributed by atoms with van der Waals surface area (Å²) >= 11 is 0. The molecule has 0 heterocycles. The van der Waals surface area contributed by atoms with Crippen molar-refractivity contribution in [3.63, 3.8) is 0 Å². The largest absolute Gasteiger partial charge is 0.480 e. The second-order valence-electron chi connectivity index (χ2n) is 6.09. The quantitative estimate of drug-likeness (QED) is 0.907. The fourth-order valence-corrected chi connectivity index (χ4v) is 1.97. The predicted molar refractivity (Wildman–Crippen MR) is 82.3 cm³/mol. The second kappa shape index (κ2) is 7.11. The van der Waals surface area contributed by atoms with Gasteiger partial charge in [0.2, 0.25) is 0 Å². The zero-order chi connectivity index (χ0) is 16.0. The number of urea groups is 1. The number of carboxylic acids is 1. The summed E-state index contributed by atoms with van der Waals surface area (Å²) in [4.78, 5) is 26.3. The van der Waals surface area contributed by atoms with Crippen molar-refractivity contribution < 1.29 is 14.7 Å². The van der Waals surface area contributed by atoms with Crippen molar-refractivity contribution in [2.75, 3.05) is 20.1 Å². The molecule has 5 heteroatoms. The molecule has 2 amide bonds. The Morgan fingerprint density at radius 3 is 2.19 bits per heavy atom. The third-order valence-electron chi connectivity index (χ3n) is 3.24. The molecule has 0 aliphatic rings. The number of likely N-dealkylation sites (N-methyl/N-ethyl adjacent to an activating group) is 1. The SMILES string of the molecule is CN(CCc1ccccc1)C(=O)N(CC(=O)O)C(C)(C)C. The van der Waals surface area contributed by atoms with Gasteiger partial charge in [-0.3, -0.25) is 4.79 Å². The minimum absolute atomic E-state index is 0.263. The van der Waals surface area contributed by atoms with Crippen molar-refractivity contribution >= 4 is 12.0 Å². The summed E-state index contributed by atoms with van der Waals surface area (Å²) in [6, 6.07) is 9.63. The lowest BCUT2D eigenvalue weighted by Crippen LogP contribution is -2.53. The van der Waals surface area contributed by atoms with Crippen LogP contribution in [0.3, 0.4) is 0 Å². The molecule has 0 aromatic heterocycles. The van der Waals surface area contributed by atoms with Gasteiger partial charge in [0.05, 0.1) is 0 Å². The van der Waals surface area contributed by atoms with Crippen LogP contribution in [-0.2, 0) is 11.2 Å². The summed E-state index contributed by atoms with van der Waals surface area (Å²) in [6.45, 7) is 5.75. The van der Waals surface area contributed by atoms with Crippen molar-refractivity contribution in [1.29, 1.82) is 0 Å². The third-order valence-corrected chi connectivity index (χ3v) is 3.24. The monoisotopic (exact) mass is 292 g/mol. The number of carbonyl (C=O) groups is 2. The lowest BCUT2D eigenvalue weighted by molar-refractivity contribution is -0.138. The van der Waals surface area contributed by atoms with Gasteiger partial charge in [-0.05, 0) is 32.8 Å². The van der Waals surface area contributed by atoms with Gasteiger partial charge in [-0.15, -0.1) is 0 Å². The number of benzene rings is 1. The molecule has 0 spiro atoms. The van der Waals surface area contributed by atoms with E-state index < -0.39 is 11.5 Å². The maximum atomic E-state index is 12.4. The minimum Gasteiger partial charge on any atom is -0.480 e. The van der Waals surface area contributed by atoms with Crippen LogP contribution in [0.25, 0.3) is 0 Å². The number of amides is 2. The van der Waals surface area contributed by atoms with E-state index in [-0.39, 0.29) is 12.6 Å². The highest BCUT2D eigenvalue weighted by Crippen LogP contribution is 2.15. The molecule has 0 bridgehead atoms. The predicted octanol–water partition coefficient (Wildman–Crippen LogP) is 2.47. The first-order chi connectivity index (χ1) is 9.71. The Morgan fingerprint density at radius 2 is 1.71 bits per heavy atom. The van der Waals surface area contributed by atoms with Crippen LogP contribution >= 0.6 is 0 Å². The first-order valence-electron chi connectivity index (χ1n) is 7.00. The van der Waals surface area contributed by atoms with Crippen molar-refractivity contribution in [3.8, 4) is 0 Å². The fraction of sp³-hybridized carbons (Fsp3) is 0.500. The van der Waals surface area contributed by atoms with Gasteiger partial charge in [0.25, 0.3) is 0 Å². The van der Waals surface area contributed by atoms with Crippen molar-refractivity contribution in [2.24, 2.45) is 0 Å². The number of aliphatic carboxylic acids is 1. The van der Waals surface area contributed by atoms with Crippen LogP contribution < -0.4 is 0 Å². The lowest BCUT2D eigenvalue weighted by atomic mass is 10.1. The van der Waals surface area contributed by atoms with E-state index in [0.717, 1.165) is 12.0 Å². The summed E-state index contributed by atoms with van der Waals surface area (Å²) in [7, 11) is 1.70. The van der Waals surface area contributed by atoms with Gasteiger partial charge >= 0.3 is 12.0 Å². The third kappa shape index (κ3) is 5.45. The Balaban J connectivity index is 2.68. The van der Waals surface area contributed by atoms with Crippen LogP contribution in [0.2, 0.25) is 0 Å². The van der Waals surface area contributed by atoms with Crippen LogP contribution in [0.1, 0.15) is 26.3 Å². The standard InChI is InChI=1S/C16H24N2O3/c1-16(2,3)18(12-14(19)20)15(21)17(4)11-10-13-8-6-5-7-9-13/h5-9H,10-12H2,1-4H3,(H,19,20). The molecule has 0 atom stereocenters. The van der Waals surface area contributed by atoms with E-state index in [2.05, 4.69) is 0 Å². The molecule has 0 radical (unpaired) electrons. The molecule has 1 rings (SSSR count). The average Bonchev–Trinajstić information content (AvgIpc) is 2.41. The Bertz CT molecular complexity index is 480. The Morgan fingerprint density at radius 1 is 1.14 bits per heavy atom. The van der Waals surface area contributed by atoms with E-state index in [9.17, 15) is 9.59 Å². The van der Waals surface area contributed by atoms with E-state index in [1.54, 1.807) is 11.9 Å². The first-order valence-corrected chi connectivity index (χ1v) is 7.00. The molecule has 0 saturated carbocycles. The van der Waals surface area contributed by atoms with Crippen molar-refractivity contribution in [3.05, 3.63) is 35.9 Å². The molecule has 0 saturated heterocycles. The molecule has 1 aromatic rings. The maximum Gasteiger partial charge on any atom is 0.323 e. The summed E-state index contributed by atoms with van der Waals surface area (Å²) in [5, 5.41) is 8.97. The van der Waals surface area contributed by atoms with Crippen molar-refractivity contribution in [2.45, 2.75) is 32.7 Å². The van der Waals surface area contributed by atoms with Crippen LogP contribution in [0.15, 0.2) is 30.3 Å². The molecule has 21 heavy (non-hydrogen) atoms. The summed E-state index contributed by atoms with van der Waals surface area (Å²) < 4.78 is 0. The Labute approximate surface area is 126 Å². The van der Waals surface area contributed by atoms with E-state index in [4.69, 9.17) is 5.11 Å². The van der Waals surface area contributed by atoms with E-state index in [0.29, 0.717) is 6.54 Å². The normalized spacial score (nSPS) is 11.0. The van der Waals surface area contributed by atoms with Gasteiger partial charge in [0.1, 0.15) is 6.54 Å². The van der Waals surface area contributed by atoms with Crippen LogP contribution in [0, 0.1) is 0 Å². The molecule has 1 aromatic carbocycles. The van der Waals surface area contributed by atoms with Crippen molar-refractivity contribution in [1.82, 2.24) is 9.80 Å². The highest BCUT2D eigenvalue weighted by Gasteiger charge is 2.30. The first kappa shape index (κ1) is 17.0. The topological polar surface area (TPSA) is 60.9 Å². The van der Waals surface area contributed by atoms with Gasteiger partial charge in [-0.25, -0.2) is 4.79 Å². The number of carboxylic acid groups (broad SMARTS) is 1. The molecule has 1 N–H and O–H groups in total. The maximum absolute atomic E-state index is 12.4. The number of hydrogen-bond donors (Lipinski definition) is 1. The fourth-order valence-electron chi connectivity index (χ4n) is 1.97. The molecular formula is C16H24N2O3. The van der Waals surface area contributed by atoms with E-state index in [1.165, 1.54) is 4.90 Å². The molecular weight excluding hydrogens is 268 g/mol. The van der Waals surface area contributed by atoms with E-state index >= 15 is 0 Å². The average molecular weight is 292 g/mol. The number of carbonyl (C=O) groups excluding carboxylic acids is 1. The molecule has 0 fully saturated rings. The molecule has 5 nitrogen and oxygen atoms in total. The second-order valence-corrected chi connectivity index (χ2v) is 6.09.